The van der Waals surface area contributed by atoms with Gasteiger partial charge in [-0.25, -0.2) is 4.98 Å². The maximum Gasteiger partial charge on any atom is 0.240 e. The van der Waals surface area contributed by atoms with Crippen LogP contribution in [0.1, 0.15) is 12.8 Å². The smallest absolute Gasteiger partial charge is 0.240 e. The van der Waals surface area contributed by atoms with Gasteiger partial charge in [-0.1, -0.05) is 0 Å². The van der Waals surface area contributed by atoms with Crippen molar-refractivity contribution in [3.8, 4) is 0 Å². The summed E-state index contributed by atoms with van der Waals surface area (Å²) in [5, 5.41) is 0. The Kier molecular flexibility index (Phi) is 3.49. The van der Waals surface area contributed by atoms with Crippen molar-refractivity contribution in [3.63, 3.8) is 0 Å². The Morgan fingerprint density at radius 2 is 2.31 bits per heavy atom. The number of nitrogens with zero attached hydrogens (tertiary/aromatic N) is 2. The van der Waals surface area contributed by atoms with Crippen molar-refractivity contribution in [2.24, 2.45) is 5.73 Å². The summed E-state index contributed by atoms with van der Waals surface area (Å²) in [6, 6.07) is 1.68. The van der Waals surface area contributed by atoms with Crippen molar-refractivity contribution in [1.82, 2.24) is 4.98 Å². The summed E-state index contributed by atoms with van der Waals surface area (Å²) >= 11 is 6.79. The van der Waals surface area contributed by atoms with Crippen LogP contribution in [0.25, 0.3) is 0 Å². The molecule has 0 aromatic carbocycles. The summed E-state index contributed by atoms with van der Waals surface area (Å²) in [5.74, 6) is 0.499. The molecule has 0 saturated carbocycles. The molecule has 2 N–H and O–H groups in total. The van der Waals surface area contributed by atoms with Gasteiger partial charge in [0, 0.05) is 17.2 Å². The summed E-state index contributed by atoms with van der Waals surface area (Å²) in [7, 11) is 0. The molecule has 16 heavy (non-hydrogen) atoms. The molecule has 4 nitrogen and oxygen atoms in total. The number of primary amides is 1. The highest BCUT2D eigenvalue weighted by atomic mass is 79.9. The maximum atomic E-state index is 11.3. The van der Waals surface area contributed by atoms with Gasteiger partial charge in [0.2, 0.25) is 5.91 Å². The largest absolute Gasteiger partial charge is 0.368 e. The number of aromatic nitrogens is 1. The topological polar surface area (TPSA) is 59.2 Å². The van der Waals surface area contributed by atoms with E-state index < -0.39 is 0 Å². The predicted molar refractivity (Wildman–Crippen MR) is 69.2 cm³/mol. The van der Waals surface area contributed by atoms with Gasteiger partial charge in [-0.05, 0) is 50.8 Å². The zero-order valence-electron chi connectivity index (χ0n) is 8.49. The van der Waals surface area contributed by atoms with E-state index in [2.05, 4.69) is 36.8 Å². The molecule has 6 heteroatoms. The third-order valence-electron chi connectivity index (χ3n) is 2.64. The molecule has 1 fully saturated rings. The number of carbonyl (C=O) groups is 1. The van der Waals surface area contributed by atoms with Gasteiger partial charge in [0.1, 0.15) is 11.9 Å². The molecule has 2 heterocycles. The molecule has 1 saturated heterocycles. The molecule has 1 amide bonds. The third kappa shape index (κ3) is 2.22. The molecular formula is C10H11Br2N3O. The lowest BCUT2D eigenvalue weighted by atomic mass is 10.2. The summed E-state index contributed by atoms with van der Waals surface area (Å²) in [4.78, 5) is 17.6. The Hall–Kier alpha value is -0.620. The van der Waals surface area contributed by atoms with Crippen LogP contribution in [0, 0.1) is 0 Å². The summed E-state index contributed by atoms with van der Waals surface area (Å²) < 4.78 is 1.77. The number of anilines is 1. The van der Waals surface area contributed by atoms with Gasteiger partial charge in [0.15, 0.2) is 0 Å². The molecule has 0 bridgehead atoms. The first-order chi connectivity index (χ1) is 7.59. The molecule has 1 aliphatic heterocycles. The predicted octanol–water partition coefficient (Wildman–Crippen LogP) is 2.06. The van der Waals surface area contributed by atoms with E-state index in [1.54, 1.807) is 6.20 Å². The van der Waals surface area contributed by atoms with E-state index in [1.165, 1.54) is 0 Å². The lowest BCUT2D eigenvalue weighted by Crippen LogP contribution is -2.40. The van der Waals surface area contributed by atoms with Gasteiger partial charge >= 0.3 is 0 Å². The highest BCUT2D eigenvalue weighted by molar-refractivity contribution is 9.11. The van der Waals surface area contributed by atoms with Crippen LogP contribution in [0.4, 0.5) is 5.82 Å². The zero-order chi connectivity index (χ0) is 11.7. The summed E-state index contributed by atoms with van der Waals surface area (Å²) in [5.41, 5.74) is 5.37. The van der Waals surface area contributed by atoms with Crippen LogP contribution in [0.3, 0.4) is 0 Å². The maximum absolute atomic E-state index is 11.3. The second-order valence-electron chi connectivity index (χ2n) is 3.71. The van der Waals surface area contributed by atoms with Crippen molar-refractivity contribution < 1.29 is 4.79 Å². The van der Waals surface area contributed by atoms with Crippen molar-refractivity contribution in [1.29, 1.82) is 0 Å². The standard InChI is InChI=1S/C10H11Br2N3O/c11-6-4-7(12)10(14-5-6)15-3-1-2-8(15)9(13)16/h4-5,8H,1-3H2,(H2,13,16). The van der Waals surface area contributed by atoms with Crippen molar-refractivity contribution in [3.05, 3.63) is 21.2 Å². The Morgan fingerprint density at radius 3 is 2.94 bits per heavy atom. The van der Waals surface area contributed by atoms with E-state index >= 15 is 0 Å². The number of hydrogen-bond acceptors (Lipinski definition) is 3. The van der Waals surface area contributed by atoms with E-state index in [9.17, 15) is 4.79 Å². The molecule has 1 atom stereocenters. The first-order valence-electron chi connectivity index (χ1n) is 4.96. The number of carbonyl (C=O) groups excluding carboxylic acids is 1. The highest BCUT2D eigenvalue weighted by Crippen LogP contribution is 2.31. The summed E-state index contributed by atoms with van der Waals surface area (Å²) in [6.45, 7) is 0.820. The molecule has 2 rings (SSSR count). The lowest BCUT2D eigenvalue weighted by Gasteiger charge is -2.24. The molecule has 1 aromatic heterocycles. The Bertz CT molecular complexity index is 425. The van der Waals surface area contributed by atoms with Gasteiger partial charge in [-0.3, -0.25) is 4.79 Å². The average Bonchev–Trinajstić information content (AvgIpc) is 2.66. The minimum absolute atomic E-state index is 0.232. The monoisotopic (exact) mass is 347 g/mol. The minimum Gasteiger partial charge on any atom is -0.368 e. The van der Waals surface area contributed by atoms with Crippen LogP contribution in [0.5, 0.6) is 0 Å². The van der Waals surface area contributed by atoms with Gasteiger partial charge in [-0.2, -0.15) is 0 Å². The van der Waals surface area contributed by atoms with Crippen LogP contribution in [0.15, 0.2) is 21.2 Å². The van der Waals surface area contributed by atoms with Gasteiger partial charge < -0.3 is 10.6 Å². The van der Waals surface area contributed by atoms with Crippen LogP contribution in [-0.2, 0) is 4.79 Å². The van der Waals surface area contributed by atoms with Crippen LogP contribution in [-0.4, -0.2) is 23.5 Å². The van der Waals surface area contributed by atoms with Gasteiger partial charge in [0.05, 0.1) is 4.47 Å². The van der Waals surface area contributed by atoms with Gasteiger partial charge in [0.25, 0.3) is 0 Å². The van der Waals surface area contributed by atoms with E-state index in [1.807, 2.05) is 11.0 Å². The van der Waals surface area contributed by atoms with Gasteiger partial charge in [-0.15, -0.1) is 0 Å². The Balaban J connectivity index is 2.32. The average molecular weight is 349 g/mol. The number of pyridine rings is 1. The third-order valence-corrected chi connectivity index (χ3v) is 3.66. The number of amides is 1. The zero-order valence-corrected chi connectivity index (χ0v) is 11.7. The molecule has 1 aromatic rings. The molecular weight excluding hydrogens is 338 g/mol. The molecule has 0 spiro atoms. The van der Waals surface area contributed by atoms with Crippen molar-refractivity contribution >= 4 is 43.6 Å². The summed E-state index contributed by atoms with van der Waals surface area (Å²) in [6.07, 6.45) is 3.49. The van der Waals surface area contributed by atoms with Crippen LogP contribution >= 0.6 is 31.9 Å². The first kappa shape index (κ1) is 11.9. The molecule has 0 aliphatic carbocycles. The van der Waals surface area contributed by atoms with E-state index in [0.29, 0.717) is 0 Å². The molecule has 0 radical (unpaired) electrons. The first-order valence-corrected chi connectivity index (χ1v) is 6.55. The molecule has 1 aliphatic rings. The second kappa shape index (κ2) is 4.71. The number of rotatable bonds is 2. The number of nitrogens with two attached hydrogens (primary N) is 1. The normalized spacial score (nSPS) is 20.1. The quantitative estimate of drug-likeness (QED) is 0.889. The molecule has 1 unspecified atom stereocenters. The highest BCUT2D eigenvalue weighted by Gasteiger charge is 2.30. The van der Waals surface area contributed by atoms with E-state index in [4.69, 9.17) is 5.73 Å². The van der Waals surface area contributed by atoms with E-state index in [0.717, 1.165) is 34.1 Å². The fraction of sp³-hybridized carbons (Fsp3) is 0.400. The molecule has 86 valence electrons. The lowest BCUT2D eigenvalue weighted by molar-refractivity contribution is -0.119. The van der Waals surface area contributed by atoms with E-state index in [-0.39, 0.29) is 11.9 Å². The minimum atomic E-state index is -0.283. The fourth-order valence-corrected chi connectivity index (χ4v) is 3.15. The van der Waals surface area contributed by atoms with Crippen LogP contribution in [0.2, 0.25) is 0 Å². The second-order valence-corrected chi connectivity index (χ2v) is 5.48. The fourth-order valence-electron chi connectivity index (χ4n) is 1.93. The number of hydrogen-bond donors (Lipinski definition) is 1. The van der Waals surface area contributed by atoms with Crippen molar-refractivity contribution in [2.45, 2.75) is 18.9 Å². The van der Waals surface area contributed by atoms with Crippen LogP contribution < -0.4 is 10.6 Å². The van der Waals surface area contributed by atoms with Crippen molar-refractivity contribution in [2.75, 3.05) is 11.4 Å². The Labute approximate surface area is 110 Å². The number of halogens is 2. The SMILES string of the molecule is NC(=O)C1CCCN1c1ncc(Br)cc1Br. The Morgan fingerprint density at radius 1 is 1.56 bits per heavy atom.